The van der Waals surface area contributed by atoms with Gasteiger partial charge in [0.15, 0.2) is 0 Å². The van der Waals surface area contributed by atoms with E-state index < -0.39 is 10.0 Å². The highest BCUT2D eigenvalue weighted by molar-refractivity contribution is 9.09. The Balaban J connectivity index is 4.62. The Hall–Kier alpha value is 0.390. The first-order valence-electron chi connectivity index (χ1n) is 4.86. The van der Waals surface area contributed by atoms with Gasteiger partial charge in [-0.1, -0.05) is 22.9 Å². The van der Waals surface area contributed by atoms with Crippen LogP contribution in [0.25, 0.3) is 0 Å². The van der Waals surface area contributed by atoms with Gasteiger partial charge in [0.2, 0.25) is 10.0 Å². The van der Waals surface area contributed by atoms with Crippen molar-refractivity contribution in [3.63, 3.8) is 0 Å². The molecule has 0 aromatic carbocycles. The van der Waals surface area contributed by atoms with Crippen molar-refractivity contribution in [1.29, 1.82) is 0 Å². The first-order valence-corrected chi connectivity index (χ1v) is 7.53. The highest BCUT2D eigenvalue weighted by Gasteiger charge is 2.28. The van der Waals surface area contributed by atoms with Crippen molar-refractivity contribution in [1.82, 2.24) is 4.72 Å². The van der Waals surface area contributed by atoms with E-state index in [0.29, 0.717) is 0 Å². The van der Waals surface area contributed by atoms with E-state index in [1.165, 1.54) is 0 Å². The number of halogens is 1. The smallest absolute Gasteiger partial charge is 0.212 e. The van der Waals surface area contributed by atoms with E-state index in [0.717, 1.165) is 18.2 Å². The second-order valence-corrected chi connectivity index (χ2v) is 7.08. The summed E-state index contributed by atoms with van der Waals surface area (Å²) in [5.41, 5.74) is -0.327. The third kappa shape index (κ3) is 4.28. The summed E-state index contributed by atoms with van der Waals surface area (Å²) in [6, 6.07) is 0. The molecule has 0 spiro atoms. The third-order valence-electron chi connectivity index (χ3n) is 2.44. The molecule has 1 N–H and O–H groups in total. The van der Waals surface area contributed by atoms with E-state index in [4.69, 9.17) is 0 Å². The number of hydrogen-bond acceptors (Lipinski definition) is 2. The fourth-order valence-electron chi connectivity index (χ4n) is 0.970. The number of rotatable bonds is 6. The minimum absolute atomic E-state index is 0.327. The molecular weight excluding hydrogens is 266 g/mol. The van der Waals surface area contributed by atoms with E-state index in [9.17, 15) is 8.42 Å². The maximum atomic E-state index is 11.7. The van der Waals surface area contributed by atoms with Crippen molar-refractivity contribution in [2.45, 2.75) is 51.3 Å². The Kier molecular flexibility index (Phi) is 5.62. The van der Waals surface area contributed by atoms with Crippen LogP contribution in [0.4, 0.5) is 0 Å². The van der Waals surface area contributed by atoms with Gasteiger partial charge < -0.3 is 0 Å². The summed E-state index contributed by atoms with van der Waals surface area (Å²) in [6.07, 6.45) is 1.60. The van der Waals surface area contributed by atoms with Crippen LogP contribution in [-0.4, -0.2) is 24.5 Å². The normalized spacial score (nSPS) is 17.0. The van der Waals surface area contributed by atoms with Crippen molar-refractivity contribution in [2.24, 2.45) is 0 Å². The lowest BCUT2D eigenvalue weighted by Crippen LogP contribution is -2.48. The fourth-order valence-corrected chi connectivity index (χ4v) is 3.01. The molecular formula is C9H20BrNO2S. The molecule has 0 bridgehead atoms. The van der Waals surface area contributed by atoms with Crippen LogP contribution in [0, 0.1) is 0 Å². The molecule has 0 aliphatic heterocycles. The Labute approximate surface area is 95.8 Å². The van der Waals surface area contributed by atoms with Crippen molar-refractivity contribution in [3.8, 4) is 0 Å². The van der Waals surface area contributed by atoms with Gasteiger partial charge in [0.1, 0.15) is 0 Å². The summed E-state index contributed by atoms with van der Waals surface area (Å²) in [6.45, 7) is 7.30. The fraction of sp³-hybridized carbons (Fsp3) is 1.00. The Morgan fingerprint density at radius 1 is 1.43 bits per heavy atom. The average Bonchev–Trinajstić information content (AvgIpc) is 2.03. The summed E-state index contributed by atoms with van der Waals surface area (Å²) in [7, 11) is -3.16. The van der Waals surface area contributed by atoms with Crippen LogP contribution in [0.3, 0.4) is 0 Å². The van der Waals surface area contributed by atoms with Crippen LogP contribution < -0.4 is 4.72 Å². The van der Waals surface area contributed by atoms with Crippen LogP contribution in [-0.2, 0) is 10.0 Å². The molecule has 0 heterocycles. The molecule has 14 heavy (non-hydrogen) atoms. The summed E-state index contributed by atoms with van der Waals surface area (Å²) >= 11 is 3.34. The van der Waals surface area contributed by atoms with Crippen LogP contribution >= 0.6 is 15.9 Å². The maximum absolute atomic E-state index is 11.7. The molecule has 0 saturated carbocycles. The number of sulfonamides is 1. The quantitative estimate of drug-likeness (QED) is 0.761. The van der Waals surface area contributed by atoms with Gasteiger partial charge in [-0.25, -0.2) is 13.1 Å². The van der Waals surface area contributed by atoms with E-state index in [-0.39, 0.29) is 10.8 Å². The second kappa shape index (κ2) is 5.47. The van der Waals surface area contributed by atoms with Crippen LogP contribution in [0.5, 0.6) is 0 Å². The predicted octanol–water partition coefficient (Wildman–Crippen LogP) is 2.27. The molecule has 3 nitrogen and oxygen atoms in total. The molecule has 0 aromatic heterocycles. The number of hydrogen-bond donors (Lipinski definition) is 1. The van der Waals surface area contributed by atoms with Gasteiger partial charge in [-0.05, 0) is 33.6 Å². The molecule has 0 saturated heterocycles. The van der Waals surface area contributed by atoms with Gasteiger partial charge in [-0.2, -0.15) is 0 Å². The van der Waals surface area contributed by atoms with Crippen LogP contribution in [0.15, 0.2) is 0 Å². The Morgan fingerprint density at radius 2 is 1.93 bits per heavy atom. The van der Waals surface area contributed by atoms with Gasteiger partial charge in [-0.3, -0.25) is 0 Å². The van der Waals surface area contributed by atoms with Crippen molar-refractivity contribution < 1.29 is 8.42 Å². The van der Waals surface area contributed by atoms with E-state index in [1.807, 2.05) is 13.8 Å². The van der Waals surface area contributed by atoms with E-state index in [2.05, 4.69) is 20.7 Å². The molecule has 0 fully saturated rings. The molecule has 0 aromatic rings. The lowest BCUT2D eigenvalue weighted by atomic mass is 9.98. The Bertz CT molecular complexity index is 264. The van der Waals surface area contributed by atoms with Crippen LogP contribution in [0.1, 0.15) is 40.5 Å². The van der Waals surface area contributed by atoms with Gasteiger partial charge in [0.25, 0.3) is 0 Å². The summed E-state index contributed by atoms with van der Waals surface area (Å²) in [5.74, 6) is 0. The zero-order valence-electron chi connectivity index (χ0n) is 9.30. The van der Waals surface area contributed by atoms with Crippen molar-refractivity contribution in [3.05, 3.63) is 0 Å². The van der Waals surface area contributed by atoms with Gasteiger partial charge >= 0.3 is 0 Å². The molecule has 86 valence electrons. The minimum atomic E-state index is -3.16. The monoisotopic (exact) mass is 285 g/mol. The molecule has 0 amide bonds. The third-order valence-corrected chi connectivity index (χ3v) is 4.85. The zero-order valence-corrected chi connectivity index (χ0v) is 11.7. The zero-order chi connectivity index (χ0) is 11.4. The van der Waals surface area contributed by atoms with Gasteiger partial charge in [-0.15, -0.1) is 0 Å². The van der Waals surface area contributed by atoms with Crippen LogP contribution in [0.2, 0.25) is 0 Å². The summed E-state index contributed by atoms with van der Waals surface area (Å²) in [5, 5.41) is 0.432. The topological polar surface area (TPSA) is 46.2 Å². The molecule has 1 unspecified atom stereocenters. The number of nitrogens with one attached hydrogen (secondary N) is 1. The lowest BCUT2D eigenvalue weighted by molar-refractivity contribution is 0.390. The molecule has 0 rings (SSSR count). The minimum Gasteiger partial charge on any atom is -0.212 e. The van der Waals surface area contributed by atoms with E-state index in [1.54, 1.807) is 13.8 Å². The predicted molar refractivity (Wildman–Crippen MR) is 64.3 cm³/mol. The maximum Gasteiger partial charge on any atom is 0.214 e. The summed E-state index contributed by atoms with van der Waals surface area (Å²) in [4.78, 5) is 0. The van der Waals surface area contributed by atoms with Gasteiger partial charge in [0.05, 0.1) is 5.25 Å². The van der Waals surface area contributed by atoms with E-state index >= 15 is 0 Å². The average molecular weight is 286 g/mol. The Morgan fingerprint density at radius 3 is 2.21 bits per heavy atom. The molecule has 0 aliphatic rings. The lowest BCUT2D eigenvalue weighted by Gasteiger charge is -2.29. The number of alkyl halides is 1. The summed E-state index contributed by atoms with van der Waals surface area (Å²) < 4.78 is 26.1. The first-order chi connectivity index (χ1) is 6.27. The molecule has 1 atom stereocenters. The molecule has 5 heteroatoms. The highest BCUT2D eigenvalue weighted by atomic mass is 79.9. The van der Waals surface area contributed by atoms with Gasteiger partial charge in [0, 0.05) is 10.9 Å². The standard InChI is InChI=1S/C9H20BrNO2S/c1-5-9(4,6-7-10)11-14(12,13)8(2)3/h8,11H,5-7H2,1-4H3. The highest BCUT2D eigenvalue weighted by Crippen LogP contribution is 2.18. The first kappa shape index (κ1) is 14.4. The van der Waals surface area contributed by atoms with Crippen molar-refractivity contribution in [2.75, 3.05) is 5.33 Å². The largest absolute Gasteiger partial charge is 0.214 e. The molecule has 0 radical (unpaired) electrons. The SMILES string of the molecule is CCC(C)(CCBr)NS(=O)(=O)C(C)C. The molecule has 0 aliphatic carbocycles. The second-order valence-electron chi connectivity index (χ2n) is 4.05. The van der Waals surface area contributed by atoms with Crippen molar-refractivity contribution >= 4 is 26.0 Å².